The third-order valence-corrected chi connectivity index (χ3v) is 10.5. The molecule has 1 aliphatic heterocycles. The van der Waals surface area contributed by atoms with Crippen LogP contribution >= 0.6 is 0 Å². The molecule has 1 saturated heterocycles. The van der Waals surface area contributed by atoms with Crippen LogP contribution in [0.5, 0.6) is 11.5 Å². The van der Waals surface area contributed by atoms with Gasteiger partial charge in [0.05, 0.1) is 31.3 Å². The lowest BCUT2D eigenvalue weighted by Gasteiger charge is -2.33. The molecule has 0 spiro atoms. The summed E-state index contributed by atoms with van der Waals surface area (Å²) in [5.41, 5.74) is 10.6. The highest BCUT2D eigenvalue weighted by atomic mass is 19.4. The summed E-state index contributed by atoms with van der Waals surface area (Å²) in [6.07, 6.45) is -5.39. The van der Waals surface area contributed by atoms with Gasteiger partial charge in [-0.05, 0) is 81.4 Å². The van der Waals surface area contributed by atoms with E-state index in [0.717, 1.165) is 12.0 Å². The molecule has 3 amide bonds. The molecular weight excluding hydrogens is 797 g/mol. The van der Waals surface area contributed by atoms with E-state index in [2.05, 4.69) is 19.2 Å². The molecule has 16 nitrogen and oxygen atoms in total. The van der Waals surface area contributed by atoms with Gasteiger partial charge in [-0.1, -0.05) is 33.8 Å². The Morgan fingerprint density at radius 1 is 0.983 bits per heavy atom. The number of benzene rings is 1. The Balaban J connectivity index is 0.00000140. The van der Waals surface area contributed by atoms with E-state index in [1.54, 1.807) is 28.1 Å². The summed E-state index contributed by atoms with van der Waals surface area (Å²) in [7, 11) is 3.26. The van der Waals surface area contributed by atoms with E-state index in [0.29, 0.717) is 56.8 Å². The molecule has 0 bridgehead atoms. The van der Waals surface area contributed by atoms with Crippen LogP contribution in [0.4, 0.5) is 18.0 Å². The Morgan fingerprint density at radius 3 is 2.13 bits per heavy atom. The molecule has 0 radical (unpaired) electrons. The quantitative estimate of drug-likeness (QED) is 0.0671. The number of carboxylic acids is 1. The topological polar surface area (TPSA) is 228 Å². The van der Waals surface area contributed by atoms with E-state index < -0.39 is 71.8 Å². The first kappa shape index (κ1) is 51.8. The number of halogens is 3. The molecule has 1 heterocycles. The Kier molecular flexibility index (Phi) is 19.9. The lowest BCUT2D eigenvalue weighted by atomic mass is 9.80. The second kappa shape index (κ2) is 23.0. The van der Waals surface area contributed by atoms with Crippen molar-refractivity contribution >= 4 is 29.8 Å². The fourth-order valence-electron chi connectivity index (χ4n) is 6.30. The molecule has 2 fully saturated rings. The van der Waals surface area contributed by atoms with Crippen LogP contribution in [0.1, 0.15) is 92.6 Å². The largest absolute Gasteiger partial charge is 0.493 e. The molecule has 3 rings (SSSR count). The first-order valence-corrected chi connectivity index (χ1v) is 20.1. The number of nitrogens with zero attached hydrogens (tertiary/aromatic N) is 1. The lowest BCUT2D eigenvalue weighted by molar-refractivity contribution is -0.169. The summed E-state index contributed by atoms with van der Waals surface area (Å²) in [5, 5.41) is 10.4. The Bertz CT molecular complexity index is 1590. The second-order valence-electron chi connectivity index (χ2n) is 16.7. The van der Waals surface area contributed by atoms with E-state index >= 15 is 0 Å². The van der Waals surface area contributed by atoms with Gasteiger partial charge in [0.1, 0.15) is 18.7 Å². The minimum atomic E-state index is -4.58. The van der Waals surface area contributed by atoms with Crippen LogP contribution in [0.15, 0.2) is 18.2 Å². The summed E-state index contributed by atoms with van der Waals surface area (Å²) in [4.78, 5) is 62.4. The summed E-state index contributed by atoms with van der Waals surface area (Å²) >= 11 is 0. The number of nitrogens with one attached hydrogen (secondary N) is 1. The number of carbonyl (C=O) groups is 5. The number of carbonyl (C=O) groups excluding carboxylic acids is 4. The van der Waals surface area contributed by atoms with Crippen LogP contribution in [0, 0.1) is 29.1 Å². The summed E-state index contributed by atoms with van der Waals surface area (Å²) in [5.74, 6) is -2.19. The number of aliphatic carboxylic acids is 1. The van der Waals surface area contributed by atoms with Gasteiger partial charge in [0.25, 0.3) is 0 Å². The Labute approximate surface area is 350 Å². The van der Waals surface area contributed by atoms with E-state index in [9.17, 15) is 37.1 Å². The molecule has 1 saturated carbocycles. The van der Waals surface area contributed by atoms with E-state index in [1.165, 1.54) is 11.8 Å². The average Bonchev–Trinajstić information content (AvgIpc) is 3.77. The van der Waals surface area contributed by atoms with Crippen LogP contribution in [0.3, 0.4) is 0 Å². The van der Waals surface area contributed by atoms with Crippen molar-refractivity contribution in [3.63, 3.8) is 0 Å². The van der Waals surface area contributed by atoms with Crippen molar-refractivity contribution < 1.29 is 70.7 Å². The van der Waals surface area contributed by atoms with Crippen molar-refractivity contribution in [2.45, 2.75) is 124 Å². The number of hydrogen-bond donors (Lipinski definition) is 4. The molecule has 5 atom stereocenters. The number of methoxy groups -OCH3 is 2. The maximum atomic E-state index is 13.7. The zero-order valence-electron chi connectivity index (χ0n) is 36.2. The number of alkyl halides is 3. The minimum absolute atomic E-state index is 0.0659. The van der Waals surface area contributed by atoms with Crippen molar-refractivity contribution in [2.75, 3.05) is 40.7 Å². The minimum Gasteiger partial charge on any atom is -0.493 e. The number of rotatable bonds is 22. The normalized spacial score (nSPS) is 18.8. The van der Waals surface area contributed by atoms with E-state index in [-0.39, 0.29) is 36.9 Å². The summed E-state index contributed by atoms with van der Waals surface area (Å²) in [6, 6.07) is 5.43. The van der Waals surface area contributed by atoms with Crippen molar-refractivity contribution in [3.8, 4) is 11.5 Å². The second-order valence-corrected chi connectivity index (χ2v) is 16.7. The average molecular weight is 863 g/mol. The van der Waals surface area contributed by atoms with Gasteiger partial charge in [0.15, 0.2) is 11.5 Å². The molecule has 1 aliphatic carbocycles. The maximum absolute atomic E-state index is 13.7. The molecule has 1 aromatic carbocycles. The first-order chi connectivity index (χ1) is 27.8. The van der Waals surface area contributed by atoms with Crippen LogP contribution in [-0.4, -0.2) is 111 Å². The van der Waals surface area contributed by atoms with Gasteiger partial charge >= 0.3 is 24.2 Å². The van der Waals surface area contributed by atoms with Crippen molar-refractivity contribution in [2.24, 2.45) is 40.6 Å². The fraction of sp³-hybridized carbons (Fsp3) is 0.732. The number of hydrogen-bond acceptors (Lipinski definition) is 12. The number of ether oxygens (including phenoxy) is 6. The van der Waals surface area contributed by atoms with Gasteiger partial charge in [-0.15, -0.1) is 0 Å². The summed E-state index contributed by atoms with van der Waals surface area (Å²) in [6.45, 7) is 14.1. The molecule has 19 heteroatoms. The molecule has 60 heavy (non-hydrogen) atoms. The maximum Gasteiger partial charge on any atom is 0.415 e. The van der Waals surface area contributed by atoms with Crippen molar-refractivity contribution in [1.82, 2.24) is 10.2 Å². The number of nitrogens with two attached hydrogens (primary N) is 2. The zero-order chi connectivity index (χ0) is 45.6. The number of esters is 1. The van der Waals surface area contributed by atoms with Crippen molar-refractivity contribution in [3.05, 3.63) is 23.8 Å². The van der Waals surface area contributed by atoms with E-state index in [4.69, 9.17) is 45.0 Å². The highest BCUT2D eigenvalue weighted by Crippen LogP contribution is 2.37. The smallest absolute Gasteiger partial charge is 0.415 e. The van der Waals surface area contributed by atoms with Gasteiger partial charge in [-0.2, -0.15) is 13.2 Å². The molecule has 6 N–H and O–H groups in total. The highest BCUT2D eigenvalue weighted by molar-refractivity contribution is 5.84. The molecule has 342 valence electrons. The number of carboxylic acid groups (broad SMARTS) is 1. The molecule has 1 aromatic rings. The van der Waals surface area contributed by atoms with Gasteiger partial charge in [0, 0.05) is 39.5 Å². The first-order valence-electron chi connectivity index (χ1n) is 20.1. The molecule has 1 unspecified atom stereocenters. The predicted molar refractivity (Wildman–Crippen MR) is 212 cm³/mol. The Hall–Kier alpha value is -4.36. The predicted octanol–water partition coefficient (Wildman–Crippen LogP) is 5.17. The third-order valence-electron chi connectivity index (χ3n) is 10.5. The molecular formula is C41H65F3N4O12. The van der Waals surface area contributed by atoms with Gasteiger partial charge < -0.3 is 50.3 Å². The molecule has 2 aliphatic rings. The highest BCUT2D eigenvalue weighted by Gasteiger charge is 2.49. The van der Waals surface area contributed by atoms with Crippen molar-refractivity contribution in [1.29, 1.82) is 0 Å². The summed E-state index contributed by atoms with van der Waals surface area (Å²) < 4.78 is 66.8. The Morgan fingerprint density at radius 2 is 1.63 bits per heavy atom. The number of primary amides is 1. The van der Waals surface area contributed by atoms with Crippen LogP contribution in [0.2, 0.25) is 0 Å². The fourth-order valence-corrected chi connectivity index (χ4v) is 6.30. The monoisotopic (exact) mass is 862 g/mol. The zero-order valence-corrected chi connectivity index (χ0v) is 36.2. The van der Waals surface area contributed by atoms with E-state index in [1.807, 2.05) is 32.0 Å². The van der Waals surface area contributed by atoms with Crippen LogP contribution < -0.4 is 26.3 Å². The SMILES string of the molecule is COCCCOc1cc(C[C@@H](C[C@H]2[C@H](C[C@H](C(=O)NCC(C)(C)C(N)=O)C(C)C)OCN2C(=O)OC(C)OC(=O)C2(N)CC2)C(C)C)ccc1OC.O=C(O)CC(F)(F)F. The standard InChI is InChI=1S/C38H62N4O10.C3H3F3O2/c1-23(2)27(17-26-11-12-30(48-9)32(18-26)49-16-10-15-47-8)19-29-31(20-28(24(3)4)33(43)41-21-37(6,7)34(39)44)50-22-42(29)36(46)52-25(5)51-35(45)38(40)13-14-38;4-3(5,6)1-2(7)8/h11-12,18,23-25,27-29,31H,10,13-17,19-22,40H2,1-9H3,(H2,39,44)(H,41,43);1H2,(H,7,8)/t25?,27-,28-,29-,31-;/m0./s1. The molecule has 0 aromatic heterocycles. The van der Waals surface area contributed by atoms with Gasteiger partial charge in [-0.3, -0.25) is 19.3 Å². The van der Waals surface area contributed by atoms with Gasteiger partial charge in [-0.25, -0.2) is 9.59 Å². The third kappa shape index (κ3) is 17.0. The van der Waals surface area contributed by atoms with Crippen LogP contribution in [0.25, 0.3) is 0 Å². The lowest BCUT2D eigenvalue weighted by Crippen LogP contribution is -2.47. The van der Waals surface area contributed by atoms with Gasteiger partial charge in [0.2, 0.25) is 18.1 Å². The van der Waals surface area contributed by atoms with Crippen LogP contribution in [-0.2, 0) is 44.5 Å². The number of amides is 3.